The number of methoxy groups -OCH3 is 2. The Kier molecular flexibility index (Phi) is 21.3. The van der Waals surface area contributed by atoms with Gasteiger partial charge in [0.25, 0.3) is 0 Å². The van der Waals surface area contributed by atoms with Crippen LogP contribution in [0, 0.1) is 5.92 Å². The highest BCUT2D eigenvalue weighted by Gasteiger charge is 2.29. The fraction of sp³-hybridized carbons (Fsp3) is 0.439. The van der Waals surface area contributed by atoms with Gasteiger partial charge in [-0.3, -0.25) is 9.59 Å². The molecule has 14 heteroatoms. The average Bonchev–Trinajstić information content (AvgIpc) is 4.01. The summed E-state index contributed by atoms with van der Waals surface area (Å²) in [5, 5.41) is 20.0. The number of carbonyl (C=O) groups excluding carboxylic acids is 2. The van der Waals surface area contributed by atoms with Crippen molar-refractivity contribution >= 4 is 61.6 Å². The van der Waals surface area contributed by atoms with E-state index in [9.17, 15) is 14.4 Å². The lowest BCUT2D eigenvalue weighted by molar-refractivity contribution is -0.137. The van der Waals surface area contributed by atoms with Crippen molar-refractivity contribution in [2.75, 3.05) is 53.6 Å². The molecular weight excluding hydrogens is 1000 g/mol. The molecule has 8 aromatic rings. The molecule has 80 heavy (non-hydrogen) atoms. The van der Waals surface area contributed by atoms with E-state index in [1.807, 2.05) is 48.5 Å². The number of likely N-dealkylation sites (tertiary alicyclic amines) is 1. The van der Waals surface area contributed by atoms with Gasteiger partial charge in [0.15, 0.2) is 0 Å². The van der Waals surface area contributed by atoms with Gasteiger partial charge in [-0.15, -0.1) is 0 Å². The first-order valence-electron chi connectivity index (χ1n) is 28.8. The summed E-state index contributed by atoms with van der Waals surface area (Å²) in [5.74, 6) is 1.93. The Labute approximate surface area is 472 Å². The van der Waals surface area contributed by atoms with Gasteiger partial charge in [0.05, 0.1) is 34.5 Å². The molecule has 0 bridgehead atoms. The van der Waals surface area contributed by atoms with Gasteiger partial charge < -0.3 is 44.0 Å². The second-order valence-electron chi connectivity index (χ2n) is 22.6. The number of hydrogen-bond donors (Lipinski definition) is 3. The Morgan fingerprint density at radius 1 is 0.675 bits per heavy atom. The Morgan fingerprint density at radius 3 is 1.74 bits per heavy atom. The first kappa shape index (κ1) is 59.0. The molecule has 2 amide bonds. The van der Waals surface area contributed by atoms with E-state index < -0.39 is 23.7 Å². The summed E-state index contributed by atoms with van der Waals surface area (Å²) in [7, 11) is 3.50. The van der Waals surface area contributed by atoms with Crippen molar-refractivity contribution in [3.05, 3.63) is 156 Å². The number of aryl methyl sites for hydroxylation is 2. The van der Waals surface area contributed by atoms with E-state index >= 15 is 0 Å². The van der Waals surface area contributed by atoms with E-state index in [0.717, 1.165) is 118 Å². The monoisotopic (exact) mass is 1090 g/mol. The topological polar surface area (TPSA) is 162 Å². The zero-order chi connectivity index (χ0) is 56.4. The molecule has 0 saturated carbocycles. The molecule has 4 heterocycles. The van der Waals surface area contributed by atoms with Gasteiger partial charge in [-0.2, -0.15) is 0 Å². The van der Waals surface area contributed by atoms with Crippen molar-refractivity contribution in [2.45, 2.75) is 128 Å². The number of amides is 2. The molecule has 0 unspecified atom stereocenters. The van der Waals surface area contributed by atoms with Crippen LogP contribution in [-0.2, 0) is 49.5 Å². The van der Waals surface area contributed by atoms with Crippen molar-refractivity contribution in [1.29, 1.82) is 0 Å². The third kappa shape index (κ3) is 16.7. The van der Waals surface area contributed by atoms with Gasteiger partial charge in [0, 0.05) is 78.4 Å². The average molecular weight is 1090 g/mol. The quantitative estimate of drug-likeness (QED) is 0.0665. The summed E-state index contributed by atoms with van der Waals surface area (Å²) in [6, 6.07) is 46.2. The van der Waals surface area contributed by atoms with Crippen LogP contribution >= 0.6 is 0 Å². The van der Waals surface area contributed by atoms with Gasteiger partial charge in [0.2, 0.25) is 5.91 Å². The molecule has 10 rings (SSSR count). The maximum Gasteiger partial charge on any atom is 0.407 e. The van der Waals surface area contributed by atoms with Gasteiger partial charge in [0.1, 0.15) is 17.2 Å². The fourth-order valence-corrected chi connectivity index (χ4v) is 11.3. The van der Waals surface area contributed by atoms with Crippen molar-refractivity contribution in [3.8, 4) is 0 Å². The number of carbonyl (C=O) groups is 3. The number of piperidine rings is 2. The fourth-order valence-electron chi connectivity index (χ4n) is 11.3. The van der Waals surface area contributed by atoms with E-state index in [1.54, 1.807) is 35.0 Å². The van der Waals surface area contributed by atoms with E-state index in [4.69, 9.17) is 29.3 Å². The first-order valence-corrected chi connectivity index (χ1v) is 28.8. The number of nitrogens with one attached hydrogen (secondary N) is 2. The number of para-hydroxylation sites is 4. The summed E-state index contributed by atoms with van der Waals surface area (Å²) in [6.07, 6.45) is 9.61. The smallest absolute Gasteiger partial charge is 0.407 e. The third-order valence-electron chi connectivity index (χ3n) is 14.9. The minimum absolute atomic E-state index is 0.161. The zero-order valence-electron chi connectivity index (χ0n) is 47.9. The molecule has 2 aliphatic heterocycles. The number of benzene rings is 6. The normalized spacial score (nSPS) is 16.4. The molecule has 0 aliphatic carbocycles. The highest BCUT2D eigenvalue weighted by atomic mass is 16.6. The second-order valence-corrected chi connectivity index (χ2v) is 22.6. The predicted octanol–water partition coefficient (Wildman–Crippen LogP) is 12.5. The summed E-state index contributed by atoms with van der Waals surface area (Å²) >= 11 is 0. The Morgan fingerprint density at radius 2 is 1.20 bits per heavy atom. The minimum atomic E-state index is -0.961. The number of imidazole rings is 2. The number of nitrogens with zero attached hydrogens (tertiary/aromatic N) is 5. The minimum Gasteiger partial charge on any atom is -0.481 e. The van der Waals surface area contributed by atoms with Crippen LogP contribution in [0.5, 0.6) is 0 Å². The zero-order valence-corrected chi connectivity index (χ0v) is 47.9. The van der Waals surface area contributed by atoms with Crippen molar-refractivity contribution in [1.82, 2.24) is 34.6 Å². The maximum absolute atomic E-state index is 13.4. The van der Waals surface area contributed by atoms with Gasteiger partial charge in [-0.25, -0.2) is 14.8 Å². The molecule has 2 saturated heterocycles. The van der Waals surface area contributed by atoms with Crippen LogP contribution in [-0.4, -0.2) is 112 Å². The van der Waals surface area contributed by atoms with Crippen LogP contribution in [0.2, 0.25) is 0 Å². The number of fused-ring (bicyclic) bond motifs is 4. The molecule has 424 valence electrons. The SMILES string of the molecule is CC(C)(C)OC(=O)N[C@@H](CC(=O)O)Cc1ccc2ccccc2c1.COCCCc1nc2ccccc2n1[C@@H]1CCCN(C(=O)C[C@H](C)Cc2ccc3ccccc3c2)C1.COCCCc1nc2ccccc2n1[C@@H]1CCCNC1. The number of carboxylic acid groups (broad SMARTS) is 1. The van der Waals surface area contributed by atoms with Crippen molar-refractivity contribution in [3.63, 3.8) is 0 Å². The molecule has 0 radical (unpaired) electrons. The first-order chi connectivity index (χ1) is 38.7. The highest BCUT2D eigenvalue weighted by Crippen LogP contribution is 2.31. The molecule has 6 aromatic carbocycles. The van der Waals surface area contributed by atoms with Gasteiger partial charge >= 0.3 is 12.1 Å². The Hall–Kier alpha value is -7.13. The van der Waals surface area contributed by atoms with Crippen molar-refractivity contribution in [2.24, 2.45) is 5.92 Å². The number of rotatable bonds is 19. The predicted molar refractivity (Wildman–Crippen MR) is 320 cm³/mol. The number of aliphatic carboxylic acids is 1. The molecule has 4 atom stereocenters. The number of aromatic nitrogens is 4. The molecule has 3 N–H and O–H groups in total. The van der Waals surface area contributed by atoms with Crippen LogP contribution in [0.15, 0.2) is 133 Å². The van der Waals surface area contributed by atoms with E-state index in [2.05, 4.69) is 117 Å². The van der Waals surface area contributed by atoms with Crippen LogP contribution < -0.4 is 10.6 Å². The Balaban J connectivity index is 0.000000166. The lowest BCUT2D eigenvalue weighted by Crippen LogP contribution is -2.41. The molecule has 14 nitrogen and oxygen atoms in total. The van der Waals surface area contributed by atoms with Crippen LogP contribution in [0.3, 0.4) is 0 Å². The second kappa shape index (κ2) is 28.8. The summed E-state index contributed by atoms with van der Waals surface area (Å²) in [5.41, 5.74) is 6.25. The molecule has 0 spiro atoms. The van der Waals surface area contributed by atoms with E-state index in [1.165, 1.54) is 46.0 Å². The largest absolute Gasteiger partial charge is 0.481 e. The number of hydrogen-bond acceptors (Lipinski definition) is 9. The molecule has 2 aromatic heterocycles. The van der Waals surface area contributed by atoms with Gasteiger partial charge in [-0.1, -0.05) is 116 Å². The third-order valence-corrected chi connectivity index (χ3v) is 14.9. The lowest BCUT2D eigenvalue weighted by Gasteiger charge is -2.35. The molecule has 2 fully saturated rings. The number of carboxylic acids is 1. The highest BCUT2D eigenvalue weighted by molar-refractivity contribution is 5.84. The lowest BCUT2D eigenvalue weighted by atomic mass is 9.95. The molecular formula is C66H83N7O7. The summed E-state index contributed by atoms with van der Waals surface area (Å²) in [6.45, 7) is 12.8. The summed E-state index contributed by atoms with van der Waals surface area (Å²) < 4.78 is 20.5. The van der Waals surface area contributed by atoms with E-state index in [-0.39, 0.29) is 18.4 Å². The Bertz CT molecular complexity index is 3280. The maximum atomic E-state index is 13.4. The summed E-state index contributed by atoms with van der Waals surface area (Å²) in [4.78, 5) is 48.3. The number of ether oxygens (including phenoxy) is 3. The van der Waals surface area contributed by atoms with E-state index in [0.29, 0.717) is 24.8 Å². The van der Waals surface area contributed by atoms with Gasteiger partial charge in [-0.05, 0) is 142 Å². The van der Waals surface area contributed by atoms with Crippen LogP contribution in [0.1, 0.15) is 114 Å². The standard InChI is InChI=1S/C31H37N3O2.C19H23NO4.C16H23N3O/c1-23(19-24-15-16-25-9-3-4-10-26(25)21-24)20-31(35)33-17-7-11-27(22-33)34-29-13-6-5-12-28(29)32-30(34)14-8-18-36-2;1-19(2,3)24-18(23)20-16(12-17(21)22)11-13-8-9-14-6-4-5-7-15(14)10-13;1-20-11-5-9-16-18-14-7-2-3-8-15(14)19(16)13-6-4-10-17-12-13/h3-6,9-10,12-13,15-16,21,23,27H,7-8,11,14,17-20,22H2,1-2H3;4-10,16H,11-12H2,1-3H3,(H,20,23)(H,21,22);2-3,7-8,13,17H,4-6,9-12H2,1H3/t23-,27-;16-;13-/m111/s1. The van der Waals surface area contributed by atoms with Crippen LogP contribution in [0.4, 0.5) is 4.79 Å². The van der Waals surface area contributed by atoms with Crippen molar-refractivity contribution < 1.29 is 33.7 Å². The molecule has 2 aliphatic rings. The number of alkyl carbamates (subject to hydrolysis) is 1. The van der Waals surface area contributed by atoms with Crippen LogP contribution in [0.25, 0.3) is 43.6 Å².